The fourth-order valence-electron chi connectivity index (χ4n) is 5.29. The number of fused-ring (bicyclic) bond motifs is 4. The van der Waals surface area contributed by atoms with E-state index in [2.05, 4.69) is 14.8 Å². The van der Waals surface area contributed by atoms with Gasteiger partial charge in [0.15, 0.2) is 0 Å². The van der Waals surface area contributed by atoms with Crippen LogP contribution in [0.15, 0.2) is 18.2 Å². The summed E-state index contributed by atoms with van der Waals surface area (Å²) in [5, 5.41) is 0.796. The minimum Gasteiger partial charge on any atom is -0.348 e. The first-order chi connectivity index (χ1) is 13.1. The zero-order valence-electron chi connectivity index (χ0n) is 15.9. The number of para-hydroxylation sites is 1. The van der Waals surface area contributed by atoms with E-state index >= 15 is 0 Å². The Labute approximate surface area is 159 Å². The van der Waals surface area contributed by atoms with E-state index in [1.165, 1.54) is 38.5 Å². The zero-order chi connectivity index (χ0) is 18.5. The summed E-state index contributed by atoms with van der Waals surface area (Å²) in [6.45, 7) is 8.99. The molecule has 1 atom stereocenters. The third-order valence-corrected chi connectivity index (χ3v) is 6.95. The van der Waals surface area contributed by atoms with Gasteiger partial charge in [0.1, 0.15) is 11.5 Å². The van der Waals surface area contributed by atoms with Crippen LogP contribution in [0, 0.1) is 18.7 Å². The van der Waals surface area contributed by atoms with Crippen LogP contribution < -0.4 is 0 Å². The lowest BCUT2D eigenvalue weighted by molar-refractivity contribution is -0.0131. The molecule has 2 bridgehead atoms. The van der Waals surface area contributed by atoms with Crippen molar-refractivity contribution in [1.29, 1.82) is 0 Å². The van der Waals surface area contributed by atoms with Crippen LogP contribution >= 0.6 is 0 Å². The average molecular weight is 370 g/mol. The standard InChI is InChI=1S/C21H27FN4O/c1-14-16-3-2-4-17(22)20(16)23-19(14)21(27)26-11-9-25(10-12-26)18-13-24-7-5-15(18)6-8-24/h2-4,15,18,23H,5-13H2,1H3/t18-/m1/s1. The number of rotatable bonds is 2. The third kappa shape index (κ3) is 2.86. The Bertz CT molecular complexity index is 862. The van der Waals surface area contributed by atoms with Crippen molar-refractivity contribution >= 4 is 16.8 Å². The third-order valence-electron chi connectivity index (χ3n) is 6.95. The van der Waals surface area contributed by atoms with E-state index in [4.69, 9.17) is 0 Å². The summed E-state index contributed by atoms with van der Waals surface area (Å²) in [6.07, 6.45) is 2.65. The normalized spacial score (nSPS) is 28.8. The summed E-state index contributed by atoms with van der Waals surface area (Å²) >= 11 is 0. The van der Waals surface area contributed by atoms with Gasteiger partial charge < -0.3 is 14.8 Å². The van der Waals surface area contributed by atoms with Gasteiger partial charge >= 0.3 is 0 Å². The molecule has 0 radical (unpaired) electrons. The maximum atomic E-state index is 14.0. The van der Waals surface area contributed by atoms with E-state index in [9.17, 15) is 9.18 Å². The van der Waals surface area contributed by atoms with Crippen molar-refractivity contribution in [3.8, 4) is 0 Å². The number of hydrogen-bond acceptors (Lipinski definition) is 3. The molecule has 1 aromatic carbocycles. The molecule has 5 nitrogen and oxygen atoms in total. The second kappa shape index (κ2) is 6.60. The number of hydrogen-bond donors (Lipinski definition) is 1. The molecular weight excluding hydrogens is 343 g/mol. The van der Waals surface area contributed by atoms with Crippen LogP contribution in [-0.2, 0) is 0 Å². The Morgan fingerprint density at radius 3 is 2.48 bits per heavy atom. The Balaban J connectivity index is 1.29. The smallest absolute Gasteiger partial charge is 0.270 e. The topological polar surface area (TPSA) is 42.6 Å². The van der Waals surface area contributed by atoms with Crippen molar-refractivity contribution in [1.82, 2.24) is 19.7 Å². The SMILES string of the molecule is Cc1c(C(=O)N2CCN([C@@H]3CN4CCC3CC4)CC2)[nH]c2c(F)cccc12. The molecule has 0 saturated carbocycles. The average Bonchev–Trinajstić information content (AvgIpc) is 3.06. The molecule has 0 spiro atoms. The summed E-state index contributed by atoms with van der Waals surface area (Å²) in [5.41, 5.74) is 1.81. The van der Waals surface area contributed by atoms with E-state index in [1.807, 2.05) is 17.9 Å². The van der Waals surface area contributed by atoms with E-state index in [-0.39, 0.29) is 11.7 Å². The van der Waals surface area contributed by atoms with Gasteiger partial charge in [-0.3, -0.25) is 9.69 Å². The molecular formula is C21H27FN4O. The number of piperazine rings is 1. The van der Waals surface area contributed by atoms with E-state index in [0.717, 1.165) is 43.0 Å². The minimum absolute atomic E-state index is 0.00309. The molecule has 1 amide bonds. The van der Waals surface area contributed by atoms with Gasteiger partial charge in [-0.25, -0.2) is 4.39 Å². The van der Waals surface area contributed by atoms with Gasteiger partial charge in [0, 0.05) is 44.2 Å². The number of aromatic amines is 1. The zero-order valence-corrected chi connectivity index (χ0v) is 15.9. The van der Waals surface area contributed by atoms with E-state index in [0.29, 0.717) is 17.3 Å². The lowest BCUT2D eigenvalue weighted by atomic mass is 9.83. The number of H-pyrrole nitrogens is 1. The highest BCUT2D eigenvalue weighted by Gasteiger charge is 2.38. The molecule has 4 fully saturated rings. The minimum atomic E-state index is -0.304. The molecule has 6 heteroatoms. The first-order valence-corrected chi connectivity index (χ1v) is 10.1. The Morgan fingerprint density at radius 2 is 1.85 bits per heavy atom. The predicted octanol–water partition coefficient (Wildman–Crippen LogP) is 2.47. The number of amides is 1. The second-order valence-electron chi connectivity index (χ2n) is 8.32. The van der Waals surface area contributed by atoms with Gasteiger partial charge in [0.05, 0.1) is 5.52 Å². The fourth-order valence-corrected chi connectivity index (χ4v) is 5.29. The molecule has 4 aliphatic heterocycles. The Morgan fingerprint density at radius 1 is 1.11 bits per heavy atom. The highest BCUT2D eigenvalue weighted by atomic mass is 19.1. The van der Waals surface area contributed by atoms with Crippen molar-refractivity contribution in [3.05, 3.63) is 35.3 Å². The van der Waals surface area contributed by atoms with Gasteiger partial charge in [0.25, 0.3) is 5.91 Å². The largest absolute Gasteiger partial charge is 0.348 e. The number of carbonyl (C=O) groups excluding carboxylic acids is 1. The molecule has 2 aromatic rings. The summed E-state index contributed by atoms with van der Waals surface area (Å²) in [6, 6.07) is 5.65. The van der Waals surface area contributed by atoms with Crippen LogP contribution in [0.2, 0.25) is 0 Å². The fraction of sp³-hybridized carbons (Fsp3) is 0.571. The van der Waals surface area contributed by atoms with Gasteiger partial charge in [-0.2, -0.15) is 0 Å². The monoisotopic (exact) mass is 370 g/mol. The van der Waals surface area contributed by atoms with E-state index in [1.54, 1.807) is 6.07 Å². The number of nitrogens with zero attached hydrogens (tertiary/aromatic N) is 3. The van der Waals surface area contributed by atoms with Crippen LogP contribution in [0.3, 0.4) is 0 Å². The van der Waals surface area contributed by atoms with Gasteiger partial charge in [-0.1, -0.05) is 12.1 Å². The molecule has 1 N–H and O–H groups in total. The summed E-state index contributed by atoms with van der Waals surface area (Å²) in [7, 11) is 0. The van der Waals surface area contributed by atoms with Crippen LogP contribution in [0.5, 0.6) is 0 Å². The Hall–Kier alpha value is -1.92. The quantitative estimate of drug-likeness (QED) is 0.883. The predicted molar refractivity (Wildman–Crippen MR) is 103 cm³/mol. The number of carbonyl (C=O) groups is 1. The van der Waals surface area contributed by atoms with Gasteiger partial charge in [-0.05, 0) is 50.4 Å². The summed E-state index contributed by atoms with van der Waals surface area (Å²) in [4.78, 5) is 23.2. The molecule has 0 aliphatic carbocycles. The first-order valence-electron chi connectivity index (χ1n) is 10.1. The number of piperidine rings is 3. The molecule has 27 heavy (non-hydrogen) atoms. The van der Waals surface area contributed by atoms with Crippen molar-refractivity contribution in [2.45, 2.75) is 25.8 Å². The summed E-state index contributed by atoms with van der Waals surface area (Å²) in [5.74, 6) is 0.523. The molecule has 4 aliphatic rings. The molecule has 0 unspecified atom stereocenters. The maximum Gasteiger partial charge on any atom is 0.270 e. The van der Waals surface area contributed by atoms with Crippen molar-refractivity contribution in [2.75, 3.05) is 45.8 Å². The van der Waals surface area contributed by atoms with Crippen LogP contribution in [0.25, 0.3) is 10.9 Å². The molecule has 1 aromatic heterocycles. The summed E-state index contributed by atoms with van der Waals surface area (Å²) < 4.78 is 14.0. The van der Waals surface area contributed by atoms with Crippen molar-refractivity contribution in [3.63, 3.8) is 0 Å². The van der Waals surface area contributed by atoms with Gasteiger partial charge in [-0.15, -0.1) is 0 Å². The number of nitrogens with one attached hydrogen (secondary N) is 1. The molecule has 5 heterocycles. The van der Waals surface area contributed by atoms with Crippen molar-refractivity contribution < 1.29 is 9.18 Å². The Kier molecular flexibility index (Phi) is 4.20. The van der Waals surface area contributed by atoms with Crippen LogP contribution in [-0.4, -0.2) is 77.4 Å². The van der Waals surface area contributed by atoms with Crippen LogP contribution in [0.4, 0.5) is 4.39 Å². The second-order valence-corrected chi connectivity index (χ2v) is 8.32. The van der Waals surface area contributed by atoms with Gasteiger partial charge in [0.2, 0.25) is 0 Å². The highest BCUT2D eigenvalue weighted by Crippen LogP contribution is 2.31. The lowest BCUT2D eigenvalue weighted by Crippen LogP contribution is -2.61. The first kappa shape index (κ1) is 17.2. The maximum absolute atomic E-state index is 14.0. The molecule has 144 valence electrons. The number of aryl methyl sites for hydroxylation is 1. The highest BCUT2D eigenvalue weighted by molar-refractivity contribution is 6.01. The molecule has 6 rings (SSSR count). The lowest BCUT2D eigenvalue weighted by Gasteiger charge is -2.51. The number of halogens is 1. The van der Waals surface area contributed by atoms with Crippen LogP contribution in [0.1, 0.15) is 28.9 Å². The number of benzene rings is 1. The van der Waals surface area contributed by atoms with E-state index < -0.39 is 0 Å². The molecule has 4 saturated heterocycles. The van der Waals surface area contributed by atoms with Crippen molar-refractivity contribution in [2.24, 2.45) is 5.92 Å². The number of aromatic nitrogens is 1.